The van der Waals surface area contributed by atoms with Crippen LogP contribution in [0, 0.1) is 13.8 Å². The number of rotatable bonds is 6. The van der Waals surface area contributed by atoms with Gasteiger partial charge in [0.15, 0.2) is 6.29 Å². The third-order valence-electron chi connectivity index (χ3n) is 4.77. The second-order valence-corrected chi connectivity index (χ2v) is 7.71. The Hall–Kier alpha value is -2.30. The van der Waals surface area contributed by atoms with Crippen LogP contribution >= 0.6 is 0 Å². The number of ether oxygens (including phenoxy) is 1. The van der Waals surface area contributed by atoms with Gasteiger partial charge in [0.05, 0.1) is 5.69 Å². The minimum Gasteiger partial charge on any atom is -0.455 e. The van der Waals surface area contributed by atoms with E-state index < -0.39 is 5.60 Å². The van der Waals surface area contributed by atoms with Gasteiger partial charge in [0.25, 0.3) is 0 Å². The van der Waals surface area contributed by atoms with Gasteiger partial charge in [-0.3, -0.25) is 4.79 Å². The lowest BCUT2D eigenvalue weighted by Crippen LogP contribution is -2.24. The van der Waals surface area contributed by atoms with Crippen molar-refractivity contribution in [2.24, 2.45) is 0 Å². The lowest BCUT2D eigenvalue weighted by molar-refractivity contribution is 0.00621. The third-order valence-corrected chi connectivity index (χ3v) is 4.77. The SMILES string of the molecule is CCc1c(Cc2[nH]c(C(=O)OC(C)(C)C)c(CC)c2C)[nH]c(C=O)c1C. The number of esters is 1. The van der Waals surface area contributed by atoms with Crippen LogP contribution in [0.5, 0.6) is 0 Å². The molecule has 5 heteroatoms. The summed E-state index contributed by atoms with van der Waals surface area (Å²) in [5, 5.41) is 0. The largest absolute Gasteiger partial charge is 0.455 e. The molecule has 2 aromatic heterocycles. The molecule has 0 aromatic carbocycles. The molecule has 142 valence electrons. The molecule has 0 radical (unpaired) electrons. The summed E-state index contributed by atoms with van der Waals surface area (Å²) in [7, 11) is 0. The molecule has 5 nitrogen and oxygen atoms in total. The Labute approximate surface area is 155 Å². The van der Waals surface area contributed by atoms with Crippen molar-refractivity contribution in [1.29, 1.82) is 0 Å². The molecule has 0 bridgehead atoms. The van der Waals surface area contributed by atoms with Crippen LogP contribution in [0.3, 0.4) is 0 Å². The first-order valence-corrected chi connectivity index (χ1v) is 9.22. The van der Waals surface area contributed by atoms with E-state index in [-0.39, 0.29) is 5.97 Å². The van der Waals surface area contributed by atoms with Crippen molar-refractivity contribution in [3.05, 3.63) is 45.0 Å². The van der Waals surface area contributed by atoms with E-state index in [2.05, 4.69) is 16.9 Å². The van der Waals surface area contributed by atoms with Gasteiger partial charge < -0.3 is 14.7 Å². The zero-order chi connectivity index (χ0) is 19.6. The second kappa shape index (κ2) is 7.52. The van der Waals surface area contributed by atoms with Gasteiger partial charge in [0.2, 0.25) is 0 Å². The summed E-state index contributed by atoms with van der Waals surface area (Å²) >= 11 is 0. The van der Waals surface area contributed by atoms with Crippen LogP contribution in [0.25, 0.3) is 0 Å². The molecule has 0 aliphatic rings. The summed E-state index contributed by atoms with van der Waals surface area (Å²) in [5.74, 6) is -0.323. The number of H-pyrrole nitrogens is 2. The number of carbonyl (C=O) groups excluding carboxylic acids is 2. The van der Waals surface area contributed by atoms with Gasteiger partial charge in [0, 0.05) is 17.8 Å². The molecule has 26 heavy (non-hydrogen) atoms. The average Bonchev–Trinajstić information content (AvgIpc) is 3.03. The van der Waals surface area contributed by atoms with E-state index in [1.54, 1.807) is 0 Å². The van der Waals surface area contributed by atoms with Crippen LogP contribution in [0.2, 0.25) is 0 Å². The van der Waals surface area contributed by atoms with Gasteiger partial charge in [-0.25, -0.2) is 4.79 Å². The average molecular weight is 358 g/mol. The molecule has 0 saturated heterocycles. The van der Waals surface area contributed by atoms with Crippen LogP contribution in [-0.2, 0) is 24.0 Å². The predicted molar refractivity (Wildman–Crippen MR) is 103 cm³/mol. The topological polar surface area (TPSA) is 75.0 Å². The molecular formula is C21H30N2O3. The molecule has 0 saturated carbocycles. The quantitative estimate of drug-likeness (QED) is 0.592. The van der Waals surface area contributed by atoms with Gasteiger partial charge in [-0.2, -0.15) is 0 Å². The van der Waals surface area contributed by atoms with Crippen LogP contribution < -0.4 is 0 Å². The molecular weight excluding hydrogens is 328 g/mol. The Kier molecular flexibility index (Phi) is 5.79. The first-order chi connectivity index (χ1) is 12.1. The maximum Gasteiger partial charge on any atom is 0.355 e. The lowest BCUT2D eigenvalue weighted by atomic mass is 10.0. The standard InChI is InChI=1S/C21H30N2O3/c1-8-14-12(3)18(11-24)22-17(14)10-16-13(4)15(9-2)19(23-16)20(25)26-21(5,6)7/h11,22-23H,8-10H2,1-7H3. The monoisotopic (exact) mass is 358 g/mol. The van der Waals surface area contributed by atoms with Gasteiger partial charge in [-0.15, -0.1) is 0 Å². The number of aromatic nitrogens is 2. The summed E-state index contributed by atoms with van der Waals surface area (Å²) in [5.41, 5.74) is 6.87. The summed E-state index contributed by atoms with van der Waals surface area (Å²) in [4.78, 5) is 30.4. The Morgan fingerprint density at radius 2 is 1.62 bits per heavy atom. The van der Waals surface area contributed by atoms with E-state index in [0.717, 1.165) is 52.8 Å². The van der Waals surface area contributed by atoms with Crippen molar-refractivity contribution in [1.82, 2.24) is 9.97 Å². The molecule has 0 aliphatic carbocycles. The van der Waals surface area contributed by atoms with Crippen molar-refractivity contribution < 1.29 is 14.3 Å². The summed E-state index contributed by atoms with van der Waals surface area (Å²) in [6, 6.07) is 0. The number of aromatic amines is 2. The molecule has 2 heterocycles. The fourth-order valence-corrected chi connectivity index (χ4v) is 3.46. The fourth-order valence-electron chi connectivity index (χ4n) is 3.46. The Balaban J connectivity index is 2.43. The number of nitrogens with one attached hydrogen (secondary N) is 2. The third kappa shape index (κ3) is 3.92. The van der Waals surface area contributed by atoms with Gasteiger partial charge >= 0.3 is 5.97 Å². The van der Waals surface area contributed by atoms with Crippen molar-refractivity contribution in [3.63, 3.8) is 0 Å². The maximum absolute atomic E-state index is 12.6. The van der Waals surface area contributed by atoms with Crippen LogP contribution in [-0.4, -0.2) is 27.8 Å². The zero-order valence-corrected chi connectivity index (χ0v) is 16.9. The fraction of sp³-hybridized carbons (Fsp3) is 0.524. The van der Waals surface area contributed by atoms with E-state index >= 15 is 0 Å². The molecule has 0 atom stereocenters. The van der Waals surface area contributed by atoms with Gasteiger partial charge in [0.1, 0.15) is 11.3 Å². The van der Waals surface area contributed by atoms with Crippen molar-refractivity contribution in [2.75, 3.05) is 0 Å². The highest BCUT2D eigenvalue weighted by molar-refractivity contribution is 5.90. The molecule has 2 N–H and O–H groups in total. The smallest absolute Gasteiger partial charge is 0.355 e. The molecule has 0 aliphatic heterocycles. The molecule has 0 amide bonds. The van der Waals surface area contributed by atoms with Crippen molar-refractivity contribution >= 4 is 12.3 Å². The van der Waals surface area contributed by atoms with Crippen LogP contribution in [0.1, 0.15) is 89.2 Å². The van der Waals surface area contributed by atoms with Crippen LogP contribution in [0.4, 0.5) is 0 Å². The molecule has 2 rings (SSSR count). The minimum absolute atomic E-state index is 0.323. The van der Waals surface area contributed by atoms with Crippen LogP contribution in [0.15, 0.2) is 0 Å². The summed E-state index contributed by atoms with van der Waals surface area (Å²) in [6.07, 6.45) is 3.09. The van der Waals surface area contributed by atoms with E-state index in [1.165, 1.54) is 0 Å². The second-order valence-electron chi connectivity index (χ2n) is 7.71. The molecule has 0 fully saturated rings. The Morgan fingerprint density at radius 1 is 1.00 bits per heavy atom. The first kappa shape index (κ1) is 20.0. The highest BCUT2D eigenvalue weighted by Crippen LogP contribution is 2.26. The number of hydrogen-bond acceptors (Lipinski definition) is 3. The molecule has 2 aromatic rings. The summed E-state index contributed by atoms with van der Waals surface area (Å²) < 4.78 is 5.55. The van der Waals surface area contributed by atoms with E-state index in [0.29, 0.717) is 17.8 Å². The highest BCUT2D eigenvalue weighted by atomic mass is 16.6. The molecule has 0 unspecified atom stereocenters. The van der Waals surface area contributed by atoms with Crippen molar-refractivity contribution in [3.8, 4) is 0 Å². The van der Waals surface area contributed by atoms with E-state index in [9.17, 15) is 9.59 Å². The van der Waals surface area contributed by atoms with E-state index in [1.807, 2.05) is 41.5 Å². The molecule has 0 spiro atoms. The Bertz CT molecular complexity index is 819. The number of aldehydes is 1. The van der Waals surface area contributed by atoms with E-state index in [4.69, 9.17) is 4.74 Å². The van der Waals surface area contributed by atoms with Gasteiger partial charge in [-0.05, 0) is 69.7 Å². The predicted octanol–water partition coefficient (Wildman–Crippen LogP) is 4.44. The minimum atomic E-state index is -0.536. The van der Waals surface area contributed by atoms with Gasteiger partial charge in [-0.1, -0.05) is 13.8 Å². The Morgan fingerprint density at radius 3 is 2.12 bits per heavy atom. The highest BCUT2D eigenvalue weighted by Gasteiger charge is 2.25. The summed E-state index contributed by atoms with van der Waals surface area (Å²) in [6.45, 7) is 13.7. The van der Waals surface area contributed by atoms with Crippen molar-refractivity contribution in [2.45, 2.75) is 73.3 Å². The normalized spacial score (nSPS) is 11.7. The zero-order valence-electron chi connectivity index (χ0n) is 16.9. The first-order valence-electron chi connectivity index (χ1n) is 9.22. The lowest BCUT2D eigenvalue weighted by Gasteiger charge is -2.19. The maximum atomic E-state index is 12.6. The number of hydrogen-bond donors (Lipinski definition) is 2. The number of carbonyl (C=O) groups is 2.